The molecule has 2 atom stereocenters. The smallest absolute Gasteiger partial charge is 0.410 e. The second-order valence-corrected chi connectivity index (χ2v) is 9.77. The van der Waals surface area contributed by atoms with Crippen molar-refractivity contribution in [3.8, 4) is 0 Å². The van der Waals surface area contributed by atoms with Gasteiger partial charge in [-0.3, -0.25) is 9.50 Å². The van der Waals surface area contributed by atoms with E-state index in [1.165, 1.54) is 0 Å². The summed E-state index contributed by atoms with van der Waals surface area (Å²) in [5.41, 5.74) is 1.29. The maximum atomic E-state index is 12.7. The number of rotatable bonds is 4. The molecule has 2 saturated heterocycles. The monoisotopic (exact) mass is 438 g/mol. The second-order valence-electron chi connectivity index (χ2n) is 9.77. The number of carbonyl (C=O) groups is 1. The first-order valence-electron chi connectivity index (χ1n) is 11.2. The van der Waals surface area contributed by atoms with Gasteiger partial charge in [0.2, 0.25) is 5.95 Å². The van der Waals surface area contributed by atoms with Gasteiger partial charge in [0.05, 0.1) is 0 Å². The topological polar surface area (TPSA) is 112 Å². The Balaban J connectivity index is 1.33. The van der Waals surface area contributed by atoms with Crippen LogP contribution in [0.3, 0.4) is 0 Å². The molecule has 0 aromatic carbocycles. The number of aromatic amines is 1. The summed E-state index contributed by atoms with van der Waals surface area (Å²) < 4.78 is 7.61. The number of amides is 1. The Bertz CT molecular complexity index is 1120. The largest absolute Gasteiger partial charge is 0.444 e. The lowest BCUT2D eigenvalue weighted by atomic mass is 9.98. The quantitative estimate of drug-likeness (QED) is 0.567. The number of hydrogen-bond donors (Lipinski definition) is 3. The predicted octanol–water partition coefficient (Wildman–Crippen LogP) is 3.85. The lowest BCUT2D eigenvalue weighted by Crippen LogP contribution is -2.51. The van der Waals surface area contributed by atoms with E-state index in [9.17, 15) is 4.79 Å². The number of hydrogen-bond acceptors (Lipinski definition) is 7. The van der Waals surface area contributed by atoms with Crippen LogP contribution >= 0.6 is 0 Å². The molecule has 3 aromatic heterocycles. The molecule has 3 aromatic rings. The van der Waals surface area contributed by atoms with Crippen LogP contribution in [0, 0.1) is 6.92 Å². The number of piperidine rings is 1. The van der Waals surface area contributed by atoms with Crippen LogP contribution < -0.4 is 10.6 Å². The average Bonchev–Trinajstić information content (AvgIpc) is 3.39. The van der Waals surface area contributed by atoms with Gasteiger partial charge in [-0.2, -0.15) is 10.1 Å². The summed E-state index contributed by atoms with van der Waals surface area (Å²) >= 11 is 0. The molecule has 3 N–H and O–H groups in total. The standard InChI is InChI=1S/C22H30N8O2/c1-13-9-18(28-27-13)25-17-12-19-23-7-8-29(19)20(26-17)24-14-10-15-5-6-16(11-14)30(15)21(31)32-22(2,3)4/h7-9,12,14-16H,5-6,10-11H2,1-4H3,(H,24,26)(H2,25,27,28). The zero-order valence-electron chi connectivity index (χ0n) is 18.9. The normalized spacial score (nSPS) is 22.9. The number of aromatic nitrogens is 5. The first-order valence-corrected chi connectivity index (χ1v) is 11.2. The number of nitrogens with one attached hydrogen (secondary N) is 3. The number of carbonyl (C=O) groups excluding carboxylic acids is 1. The number of imidazole rings is 1. The van der Waals surface area contributed by atoms with Crippen molar-refractivity contribution in [3.63, 3.8) is 0 Å². The van der Waals surface area contributed by atoms with E-state index < -0.39 is 5.60 Å². The number of ether oxygens (including phenoxy) is 1. The second kappa shape index (κ2) is 7.68. The third-order valence-electron chi connectivity index (χ3n) is 6.02. The molecule has 10 heteroatoms. The number of nitrogens with zero attached hydrogens (tertiary/aromatic N) is 5. The summed E-state index contributed by atoms with van der Waals surface area (Å²) in [5.74, 6) is 2.11. The lowest BCUT2D eigenvalue weighted by molar-refractivity contribution is 0.00681. The molecule has 1 amide bonds. The molecule has 0 radical (unpaired) electrons. The molecule has 2 fully saturated rings. The molecule has 5 heterocycles. The van der Waals surface area contributed by atoms with Gasteiger partial charge in [0.25, 0.3) is 0 Å². The van der Waals surface area contributed by atoms with Crippen molar-refractivity contribution >= 4 is 29.3 Å². The fourth-order valence-electron chi connectivity index (χ4n) is 4.79. The van der Waals surface area contributed by atoms with Crippen LogP contribution in [0.4, 0.5) is 22.4 Å². The number of fused-ring (bicyclic) bond motifs is 3. The molecule has 2 aliphatic heterocycles. The molecule has 32 heavy (non-hydrogen) atoms. The molecule has 2 aliphatic rings. The summed E-state index contributed by atoms with van der Waals surface area (Å²) in [6.45, 7) is 7.69. The van der Waals surface area contributed by atoms with Crippen molar-refractivity contribution in [2.45, 2.75) is 77.1 Å². The first-order chi connectivity index (χ1) is 15.2. The highest BCUT2D eigenvalue weighted by atomic mass is 16.6. The maximum absolute atomic E-state index is 12.7. The number of aryl methyl sites for hydroxylation is 1. The Kier molecular flexibility index (Phi) is 4.94. The van der Waals surface area contributed by atoms with Crippen LogP contribution in [0.5, 0.6) is 0 Å². The molecule has 2 bridgehead atoms. The van der Waals surface area contributed by atoms with Gasteiger partial charge in [-0.1, -0.05) is 0 Å². The molecule has 170 valence electrons. The highest BCUT2D eigenvalue weighted by Crippen LogP contribution is 2.38. The van der Waals surface area contributed by atoms with E-state index in [2.05, 4.69) is 25.8 Å². The summed E-state index contributed by atoms with van der Waals surface area (Å²) in [6.07, 6.45) is 7.22. The van der Waals surface area contributed by atoms with Gasteiger partial charge in [0.15, 0.2) is 5.82 Å². The van der Waals surface area contributed by atoms with Gasteiger partial charge < -0.3 is 20.3 Å². The van der Waals surface area contributed by atoms with Gasteiger partial charge in [-0.05, 0) is 53.4 Å². The molecule has 10 nitrogen and oxygen atoms in total. The highest BCUT2D eigenvalue weighted by molar-refractivity contribution is 5.70. The maximum Gasteiger partial charge on any atom is 0.410 e. The molecule has 5 rings (SSSR count). The summed E-state index contributed by atoms with van der Waals surface area (Å²) in [4.78, 5) is 23.9. The van der Waals surface area contributed by atoms with Crippen LogP contribution in [0.15, 0.2) is 24.5 Å². The van der Waals surface area contributed by atoms with Gasteiger partial charge in [0, 0.05) is 48.3 Å². The minimum atomic E-state index is -0.483. The third-order valence-corrected chi connectivity index (χ3v) is 6.02. The summed E-state index contributed by atoms with van der Waals surface area (Å²) in [7, 11) is 0. The average molecular weight is 439 g/mol. The fourth-order valence-corrected chi connectivity index (χ4v) is 4.79. The Morgan fingerprint density at radius 3 is 2.59 bits per heavy atom. The SMILES string of the molecule is Cc1cc(Nc2cc3nccn3c(NC3CC4CCC(C3)N4C(=O)OC(C)(C)C)n2)n[nH]1. The summed E-state index contributed by atoms with van der Waals surface area (Å²) in [5, 5.41) is 14.0. The van der Waals surface area contributed by atoms with E-state index in [4.69, 9.17) is 9.72 Å². The third kappa shape index (κ3) is 4.09. The van der Waals surface area contributed by atoms with Crippen LogP contribution in [0.1, 0.15) is 52.1 Å². The van der Waals surface area contributed by atoms with E-state index in [-0.39, 0.29) is 24.2 Å². The molecule has 0 saturated carbocycles. The Labute approximate surface area is 186 Å². The van der Waals surface area contributed by atoms with Gasteiger partial charge in [-0.15, -0.1) is 0 Å². The Hall–Kier alpha value is -3.30. The van der Waals surface area contributed by atoms with Crippen LogP contribution in [-0.2, 0) is 4.74 Å². The van der Waals surface area contributed by atoms with Crippen LogP contribution in [-0.4, -0.2) is 59.3 Å². The first kappa shape index (κ1) is 20.6. The van der Waals surface area contributed by atoms with Crippen molar-refractivity contribution in [1.82, 2.24) is 29.5 Å². The zero-order chi connectivity index (χ0) is 22.5. The minimum Gasteiger partial charge on any atom is -0.444 e. The van der Waals surface area contributed by atoms with Crippen molar-refractivity contribution in [2.75, 3.05) is 10.6 Å². The van der Waals surface area contributed by atoms with E-state index >= 15 is 0 Å². The van der Waals surface area contributed by atoms with Crippen LogP contribution in [0.2, 0.25) is 0 Å². The van der Waals surface area contributed by atoms with Crippen molar-refractivity contribution in [2.24, 2.45) is 0 Å². The van der Waals surface area contributed by atoms with E-state index in [1.54, 1.807) is 6.20 Å². The minimum absolute atomic E-state index is 0.188. The zero-order valence-corrected chi connectivity index (χ0v) is 18.9. The lowest BCUT2D eigenvalue weighted by Gasteiger charge is -2.39. The van der Waals surface area contributed by atoms with Crippen molar-refractivity contribution < 1.29 is 9.53 Å². The Morgan fingerprint density at radius 2 is 1.94 bits per heavy atom. The van der Waals surface area contributed by atoms with E-state index in [0.29, 0.717) is 11.6 Å². The van der Waals surface area contributed by atoms with Crippen molar-refractivity contribution in [3.05, 3.63) is 30.2 Å². The van der Waals surface area contributed by atoms with Gasteiger partial charge in [-0.25, -0.2) is 9.78 Å². The molecule has 2 unspecified atom stereocenters. The number of H-pyrrole nitrogens is 1. The van der Waals surface area contributed by atoms with Gasteiger partial charge in [0.1, 0.15) is 17.1 Å². The van der Waals surface area contributed by atoms with Gasteiger partial charge >= 0.3 is 6.09 Å². The van der Waals surface area contributed by atoms with E-state index in [1.807, 2.05) is 55.3 Å². The highest BCUT2D eigenvalue weighted by Gasteiger charge is 2.45. The number of anilines is 3. The molecule has 0 spiro atoms. The van der Waals surface area contributed by atoms with Crippen LogP contribution in [0.25, 0.3) is 5.65 Å². The molecular weight excluding hydrogens is 408 g/mol. The Morgan fingerprint density at radius 1 is 1.19 bits per heavy atom. The molecular formula is C22H30N8O2. The molecule has 0 aliphatic carbocycles. The van der Waals surface area contributed by atoms with Crippen molar-refractivity contribution in [1.29, 1.82) is 0 Å². The predicted molar refractivity (Wildman–Crippen MR) is 121 cm³/mol. The fraction of sp³-hybridized carbons (Fsp3) is 0.545. The summed E-state index contributed by atoms with van der Waals surface area (Å²) in [6, 6.07) is 4.41. The van der Waals surface area contributed by atoms with E-state index in [0.717, 1.165) is 43.0 Å².